The molecule has 0 spiro atoms. The Labute approximate surface area is 118 Å². The molecule has 0 amide bonds. The summed E-state index contributed by atoms with van der Waals surface area (Å²) in [4.78, 5) is 0. The number of hydrogen-bond acceptors (Lipinski definition) is 1. The Balaban J connectivity index is 1.88. The molecule has 0 fully saturated rings. The Bertz CT molecular complexity index is 521. The first-order valence-electron chi connectivity index (χ1n) is 5.85. The molecule has 0 aliphatic heterocycles. The molecule has 0 saturated carbocycles. The Hall–Kier alpha value is -1.02. The number of aryl methyl sites for hydroxylation is 1. The third-order valence-electron chi connectivity index (χ3n) is 2.81. The van der Waals surface area contributed by atoms with Gasteiger partial charge in [-0.05, 0) is 41.8 Å². The minimum Gasteiger partial charge on any atom is -0.309 e. The van der Waals surface area contributed by atoms with E-state index in [0.29, 0.717) is 0 Å². The molecule has 1 nitrogen and oxygen atoms in total. The lowest BCUT2D eigenvalue weighted by Crippen LogP contribution is -2.12. The van der Waals surface area contributed by atoms with Gasteiger partial charge in [0, 0.05) is 23.1 Å². The maximum absolute atomic E-state index is 6.08. The van der Waals surface area contributed by atoms with E-state index < -0.39 is 0 Å². The molecule has 0 heterocycles. The van der Waals surface area contributed by atoms with Crippen LogP contribution in [0, 0.1) is 6.92 Å². The summed E-state index contributed by atoms with van der Waals surface area (Å²) in [7, 11) is 0. The maximum atomic E-state index is 6.08. The van der Waals surface area contributed by atoms with Crippen LogP contribution in [0.25, 0.3) is 0 Å². The molecule has 0 aromatic heterocycles. The molecular formula is C15H15Cl2N. The molecule has 0 radical (unpaired) electrons. The van der Waals surface area contributed by atoms with Gasteiger partial charge in [0.05, 0.1) is 0 Å². The Morgan fingerprint density at radius 1 is 0.889 bits per heavy atom. The lowest BCUT2D eigenvalue weighted by atomic mass is 10.1. The first-order valence-corrected chi connectivity index (χ1v) is 6.61. The third kappa shape index (κ3) is 3.74. The standard InChI is InChI=1S/C15H15Cl2N/c1-11-2-3-13(8-15(11)17)10-18-9-12-4-6-14(16)7-5-12/h2-8,18H,9-10H2,1H3. The third-order valence-corrected chi connectivity index (χ3v) is 3.47. The van der Waals surface area contributed by atoms with Gasteiger partial charge in [0.2, 0.25) is 0 Å². The zero-order valence-electron chi connectivity index (χ0n) is 10.2. The monoisotopic (exact) mass is 279 g/mol. The van der Waals surface area contributed by atoms with Crippen molar-refractivity contribution in [3.63, 3.8) is 0 Å². The molecule has 0 unspecified atom stereocenters. The maximum Gasteiger partial charge on any atom is 0.0438 e. The molecule has 3 heteroatoms. The summed E-state index contributed by atoms with van der Waals surface area (Å²) in [6.07, 6.45) is 0. The molecule has 0 bridgehead atoms. The lowest BCUT2D eigenvalue weighted by Gasteiger charge is -2.07. The molecular weight excluding hydrogens is 265 g/mol. The van der Waals surface area contributed by atoms with Crippen molar-refractivity contribution < 1.29 is 0 Å². The fourth-order valence-corrected chi connectivity index (χ4v) is 2.03. The number of rotatable bonds is 4. The largest absolute Gasteiger partial charge is 0.309 e. The Morgan fingerprint density at radius 3 is 2.17 bits per heavy atom. The van der Waals surface area contributed by atoms with Crippen molar-refractivity contribution in [1.29, 1.82) is 0 Å². The van der Waals surface area contributed by atoms with E-state index >= 15 is 0 Å². The average molecular weight is 280 g/mol. The summed E-state index contributed by atoms with van der Waals surface area (Å²) in [5.74, 6) is 0. The van der Waals surface area contributed by atoms with Crippen LogP contribution < -0.4 is 5.32 Å². The SMILES string of the molecule is Cc1ccc(CNCc2ccc(Cl)cc2)cc1Cl. The van der Waals surface area contributed by atoms with E-state index in [0.717, 1.165) is 28.7 Å². The second-order valence-electron chi connectivity index (χ2n) is 4.31. The van der Waals surface area contributed by atoms with Crippen molar-refractivity contribution in [3.05, 3.63) is 69.2 Å². The molecule has 0 aliphatic carbocycles. The predicted molar refractivity (Wildman–Crippen MR) is 78.2 cm³/mol. The molecule has 2 aromatic rings. The summed E-state index contributed by atoms with van der Waals surface area (Å²) in [6, 6.07) is 14.0. The lowest BCUT2D eigenvalue weighted by molar-refractivity contribution is 0.693. The highest BCUT2D eigenvalue weighted by Gasteiger charge is 1.98. The van der Waals surface area contributed by atoms with Gasteiger partial charge in [-0.25, -0.2) is 0 Å². The van der Waals surface area contributed by atoms with E-state index in [1.807, 2.05) is 43.3 Å². The molecule has 18 heavy (non-hydrogen) atoms. The van der Waals surface area contributed by atoms with Gasteiger partial charge in [-0.3, -0.25) is 0 Å². The van der Waals surface area contributed by atoms with Crippen LogP contribution in [0.4, 0.5) is 0 Å². The van der Waals surface area contributed by atoms with Crippen LogP contribution in [0.15, 0.2) is 42.5 Å². The highest BCUT2D eigenvalue weighted by molar-refractivity contribution is 6.31. The van der Waals surface area contributed by atoms with Gasteiger partial charge >= 0.3 is 0 Å². The molecule has 0 atom stereocenters. The average Bonchev–Trinajstić information content (AvgIpc) is 2.36. The van der Waals surface area contributed by atoms with E-state index in [2.05, 4.69) is 11.4 Å². The van der Waals surface area contributed by atoms with Gasteiger partial charge in [-0.2, -0.15) is 0 Å². The normalized spacial score (nSPS) is 10.6. The zero-order chi connectivity index (χ0) is 13.0. The van der Waals surface area contributed by atoms with Crippen LogP contribution in [0.1, 0.15) is 16.7 Å². The highest BCUT2D eigenvalue weighted by Crippen LogP contribution is 2.16. The molecule has 0 saturated heterocycles. The number of hydrogen-bond donors (Lipinski definition) is 1. The summed E-state index contributed by atoms with van der Waals surface area (Å²) in [6.45, 7) is 3.64. The van der Waals surface area contributed by atoms with Crippen LogP contribution in [0.2, 0.25) is 10.0 Å². The molecule has 1 N–H and O–H groups in total. The van der Waals surface area contributed by atoms with Crippen LogP contribution in [0.5, 0.6) is 0 Å². The van der Waals surface area contributed by atoms with Crippen LogP contribution in [-0.2, 0) is 13.1 Å². The zero-order valence-corrected chi connectivity index (χ0v) is 11.7. The van der Waals surface area contributed by atoms with Crippen LogP contribution in [-0.4, -0.2) is 0 Å². The summed E-state index contributed by atoms with van der Waals surface area (Å²) >= 11 is 11.9. The van der Waals surface area contributed by atoms with Crippen molar-refractivity contribution in [2.75, 3.05) is 0 Å². The highest BCUT2D eigenvalue weighted by atomic mass is 35.5. The molecule has 2 rings (SSSR count). The summed E-state index contributed by atoms with van der Waals surface area (Å²) in [5, 5.41) is 4.97. The first-order chi connectivity index (χ1) is 8.65. The predicted octanol–water partition coefficient (Wildman–Crippen LogP) is 4.59. The van der Waals surface area contributed by atoms with Crippen LogP contribution >= 0.6 is 23.2 Å². The summed E-state index contributed by atoms with van der Waals surface area (Å²) < 4.78 is 0. The van der Waals surface area contributed by atoms with Crippen molar-refractivity contribution in [1.82, 2.24) is 5.32 Å². The Morgan fingerprint density at radius 2 is 1.50 bits per heavy atom. The van der Waals surface area contributed by atoms with Gasteiger partial charge in [0.25, 0.3) is 0 Å². The molecule has 2 aromatic carbocycles. The van der Waals surface area contributed by atoms with Gasteiger partial charge in [0.1, 0.15) is 0 Å². The van der Waals surface area contributed by atoms with E-state index in [1.165, 1.54) is 11.1 Å². The quantitative estimate of drug-likeness (QED) is 0.863. The fraction of sp³-hybridized carbons (Fsp3) is 0.200. The number of benzene rings is 2. The van der Waals surface area contributed by atoms with Gasteiger partial charge in [-0.1, -0.05) is 47.5 Å². The number of nitrogens with one attached hydrogen (secondary N) is 1. The molecule has 0 aliphatic rings. The summed E-state index contributed by atoms with van der Waals surface area (Å²) in [5.41, 5.74) is 3.52. The molecule has 94 valence electrons. The minimum absolute atomic E-state index is 0.768. The second kappa shape index (κ2) is 6.24. The fourth-order valence-electron chi connectivity index (χ4n) is 1.70. The van der Waals surface area contributed by atoms with Gasteiger partial charge in [-0.15, -0.1) is 0 Å². The van der Waals surface area contributed by atoms with E-state index in [4.69, 9.17) is 23.2 Å². The second-order valence-corrected chi connectivity index (χ2v) is 5.16. The van der Waals surface area contributed by atoms with Gasteiger partial charge in [0.15, 0.2) is 0 Å². The van der Waals surface area contributed by atoms with E-state index in [1.54, 1.807) is 0 Å². The smallest absolute Gasteiger partial charge is 0.0438 e. The van der Waals surface area contributed by atoms with Gasteiger partial charge < -0.3 is 5.32 Å². The van der Waals surface area contributed by atoms with Crippen LogP contribution in [0.3, 0.4) is 0 Å². The first kappa shape index (κ1) is 13.4. The van der Waals surface area contributed by atoms with Crippen molar-refractivity contribution in [3.8, 4) is 0 Å². The topological polar surface area (TPSA) is 12.0 Å². The van der Waals surface area contributed by atoms with E-state index in [-0.39, 0.29) is 0 Å². The van der Waals surface area contributed by atoms with Crippen molar-refractivity contribution in [2.24, 2.45) is 0 Å². The Kier molecular flexibility index (Phi) is 4.65. The van der Waals surface area contributed by atoms with E-state index in [9.17, 15) is 0 Å². The minimum atomic E-state index is 0.768. The van der Waals surface area contributed by atoms with Crippen molar-refractivity contribution >= 4 is 23.2 Å². The van der Waals surface area contributed by atoms with Crippen molar-refractivity contribution in [2.45, 2.75) is 20.0 Å². The number of halogens is 2.